The molecule has 8 saturated carbocycles. The molecule has 6 nitrogen and oxygen atoms in total. The van der Waals surface area contributed by atoms with Crippen molar-refractivity contribution in [1.82, 2.24) is 28.7 Å². The van der Waals surface area contributed by atoms with Crippen LogP contribution in [0, 0.1) is 47.3 Å². The van der Waals surface area contributed by atoms with Crippen molar-refractivity contribution >= 4 is 76.2 Å². The molecule has 10 aromatic rings. The SMILES string of the molecule is CC1(C)c2c(cc3c4c5c(ncc4n4c6cnc7c(c6c2c34)C2CC3CC(CC7C3)C2)C2CC3CC(C2)CC5C3)-c2cc3c4c5c(ncc4n4c6cnc7c(c6c(c21)c34)C1CC2CC(CC7C2)C1)C1CC2CC(C1)CC5C2. The Labute approximate surface area is 449 Å². The molecule has 2 aromatic carbocycles. The van der Waals surface area contributed by atoms with Gasteiger partial charge in [-0.05, 0) is 256 Å². The van der Waals surface area contributed by atoms with E-state index in [1.165, 1.54) is 195 Å². The first-order valence-electron chi connectivity index (χ1n) is 32.0. The van der Waals surface area contributed by atoms with Crippen molar-refractivity contribution in [1.29, 1.82) is 0 Å². The van der Waals surface area contributed by atoms with Crippen molar-refractivity contribution < 1.29 is 0 Å². The number of rotatable bonds is 0. The fourth-order valence-corrected chi connectivity index (χ4v) is 25.4. The molecule has 17 aliphatic carbocycles. The van der Waals surface area contributed by atoms with Gasteiger partial charge in [-0.2, -0.15) is 0 Å². The van der Waals surface area contributed by atoms with Gasteiger partial charge in [0.05, 0.1) is 57.9 Å². The minimum absolute atomic E-state index is 0.264. The van der Waals surface area contributed by atoms with Crippen LogP contribution in [-0.4, -0.2) is 28.7 Å². The zero-order valence-corrected chi connectivity index (χ0v) is 45.0. The van der Waals surface area contributed by atoms with Gasteiger partial charge in [-0.3, -0.25) is 19.9 Å². The maximum Gasteiger partial charge on any atom is 0.0728 e. The fraction of sp³-hybridized carbons (Fsp3) is 0.549. The Balaban J connectivity index is 0.917. The molecule has 382 valence electrons. The van der Waals surface area contributed by atoms with Crippen LogP contribution in [0.2, 0.25) is 0 Å². The van der Waals surface area contributed by atoms with Crippen molar-refractivity contribution in [3.8, 4) is 11.1 Å². The van der Waals surface area contributed by atoms with E-state index in [2.05, 4.69) is 59.6 Å². The minimum Gasteiger partial charge on any atom is -0.305 e. The first-order valence-corrected chi connectivity index (χ1v) is 32.0. The number of hydrogen-bond donors (Lipinski definition) is 0. The summed E-state index contributed by atoms with van der Waals surface area (Å²) in [7, 11) is 0. The Morgan fingerprint density at radius 1 is 0.325 bits per heavy atom. The molecular weight excluding hydrogens is 937 g/mol. The lowest BCUT2D eigenvalue weighted by Gasteiger charge is -2.38. The number of benzene rings is 2. The highest BCUT2D eigenvalue weighted by atomic mass is 15.0. The molecule has 27 rings (SSSR count). The molecule has 8 heterocycles. The second-order valence-electron chi connectivity index (χ2n) is 30.9. The van der Waals surface area contributed by atoms with Crippen LogP contribution >= 0.6 is 0 Å². The molecule has 0 saturated heterocycles. The molecule has 0 aliphatic heterocycles. The molecule has 8 atom stereocenters. The Morgan fingerprint density at radius 2 is 0.584 bits per heavy atom. The topological polar surface area (TPSA) is 60.4 Å². The Kier molecular flexibility index (Phi) is 6.86. The molecule has 8 fully saturated rings. The van der Waals surface area contributed by atoms with E-state index >= 15 is 0 Å². The predicted molar refractivity (Wildman–Crippen MR) is 307 cm³/mol. The molecule has 0 amide bonds. The van der Waals surface area contributed by atoms with Gasteiger partial charge in [-0.1, -0.05) is 13.8 Å². The van der Waals surface area contributed by atoms with Crippen molar-refractivity contribution in [2.24, 2.45) is 47.3 Å². The Morgan fingerprint density at radius 3 is 0.883 bits per heavy atom. The average molecular weight is 1010 g/mol. The highest BCUT2D eigenvalue weighted by molar-refractivity contribution is 6.32. The van der Waals surface area contributed by atoms with Crippen LogP contribution in [0.25, 0.3) is 87.3 Å². The van der Waals surface area contributed by atoms with E-state index in [1.54, 1.807) is 76.8 Å². The van der Waals surface area contributed by atoms with E-state index in [-0.39, 0.29) is 5.41 Å². The van der Waals surface area contributed by atoms with Gasteiger partial charge >= 0.3 is 0 Å². The number of nitrogens with zero attached hydrogens (tertiary/aromatic N) is 6. The second kappa shape index (κ2) is 13.0. The lowest BCUT2D eigenvalue weighted by molar-refractivity contribution is 0.165. The van der Waals surface area contributed by atoms with E-state index < -0.39 is 0 Å². The number of hydrogen-bond acceptors (Lipinski definition) is 4. The summed E-state index contributed by atoms with van der Waals surface area (Å²) in [5, 5.41) is 12.6. The monoisotopic (exact) mass is 1000 g/mol. The molecule has 16 bridgehead atoms. The zero-order valence-electron chi connectivity index (χ0n) is 45.0. The largest absolute Gasteiger partial charge is 0.305 e. The summed E-state index contributed by atoms with van der Waals surface area (Å²) < 4.78 is 5.57. The van der Waals surface area contributed by atoms with Crippen molar-refractivity contribution in [2.45, 2.75) is 195 Å². The molecule has 8 unspecified atom stereocenters. The summed E-state index contributed by atoms with van der Waals surface area (Å²) in [6.07, 6.45) is 37.0. The minimum atomic E-state index is -0.264. The molecule has 8 aromatic heterocycles. The first-order chi connectivity index (χ1) is 37.8. The molecular formula is C71H68N6. The van der Waals surface area contributed by atoms with E-state index in [0.717, 1.165) is 47.3 Å². The van der Waals surface area contributed by atoms with Gasteiger partial charge in [0.15, 0.2) is 0 Å². The van der Waals surface area contributed by atoms with Crippen LogP contribution in [0.1, 0.15) is 246 Å². The van der Waals surface area contributed by atoms with Gasteiger partial charge in [-0.15, -0.1) is 0 Å². The number of aromatic nitrogens is 6. The fourth-order valence-electron chi connectivity index (χ4n) is 25.4. The van der Waals surface area contributed by atoms with Crippen LogP contribution < -0.4 is 0 Å². The molecule has 17 aliphatic rings. The highest BCUT2D eigenvalue weighted by Gasteiger charge is 2.52. The standard InChI is InChI=1S/C71H68N6/c1-71(2)63-45(23-47-57-49(25-72-65-41-15-29-3-30(16-41)8-37(7-29)53(57)65)76-51-27-74-67-43-19-33-5-34(20-43)12-39(11-33)55(67)59(51)61(63)69(47)76)46-24-48-58-50(26-73-66-42-17-31-4-32(18-42)10-38(9-31)54(58)66)77-52-28-75-68-44-21-35-6-36(22-44)14-40(13-35)56(68)60(52)62(64(46)71)70(48)77/h23-44H,3-22H2,1-2H3. The maximum atomic E-state index is 5.76. The van der Waals surface area contributed by atoms with Gasteiger partial charge in [0, 0.05) is 95.0 Å². The summed E-state index contributed by atoms with van der Waals surface area (Å²) >= 11 is 0. The molecule has 0 spiro atoms. The van der Waals surface area contributed by atoms with Crippen molar-refractivity contribution in [2.75, 3.05) is 0 Å². The Bertz CT molecular complexity index is 4150. The van der Waals surface area contributed by atoms with Crippen LogP contribution in [0.5, 0.6) is 0 Å². The average Bonchev–Trinajstić information content (AvgIpc) is 4.25. The second-order valence-corrected chi connectivity index (χ2v) is 30.9. The summed E-state index contributed by atoms with van der Waals surface area (Å²) in [5.74, 6) is 11.6. The zero-order chi connectivity index (χ0) is 49.1. The summed E-state index contributed by atoms with van der Waals surface area (Å²) in [4.78, 5) is 23.0. The van der Waals surface area contributed by atoms with Crippen LogP contribution in [0.15, 0.2) is 36.9 Å². The quantitative estimate of drug-likeness (QED) is 0.152. The highest BCUT2D eigenvalue weighted by Crippen LogP contribution is 2.67. The smallest absolute Gasteiger partial charge is 0.0728 e. The van der Waals surface area contributed by atoms with Gasteiger partial charge in [-0.25, -0.2) is 0 Å². The van der Waals surface area contributed by atoms with E-state index in [1.807, 2.05) is 0 Å². The third kappa shape index (κ3) is 4.54. The van der Waals surface area contributed by atoms with Crippen LogP contribution in [0.3, 0.4) is 0 Å². The van der Waals surface area contributed by atoms with Gasteiger partial charge in [0.2, 0.25) is 0 Å². The van der Waals surface area contributed by atoms with Crippen LogP contribution in [0.4, 0.5) is 0 Å². The maximum absolute atomic E-state index is 5.76. The van der Waals surface area contributed by atoms with Gasteiger partial charge in [0.1, 0.15) is 0 Å². The molecule has 6 heteroatoms. The number of fused-ring (bicyclic) bond motifs is 17. The van der Waals surface area contributed by atoms with Gasteiger partial charge < -0.3 is 8.80 Å². The summed E-state index contributed by atoms with van der Waals surface area (Å²) in [6, 6.07) is 5.68. The van der Waals surface area contributed by atoms with Crippen molar-refractivity contribution in [3.05, 3.63) is 93.1 Å². The van der Waals surface area contributed by atoms with E-state index in [0.29, 0.717) is 47.3 Å². The van der Waals surface area contributed by atoms with E-state index in [9.17, 15) is 0 Å². The first kappa shape index (κ1) is 40.8. The third-order valence-corrected chi connectivity index (χ3v) is 26.8. The summed E-state index contributed by atoms with van der Waals surface area (Å²) in [6.45, 7) is 5.40. The normalized spacial score (nSPS) is 37.6. The number of pyridine rings is 4. The van der Waals surface area contributed by atoms with E-state index in [4.69, 9.17) is 19.9 Å². The summed E-state index contributed by atoms with van der Waals surface area (Å²) in [5.41, 5.74) is 27.2. The lowest BCUT2D eigenvalue weighted by atomic mass is 9.67. The molecule has 0 radical (unpaired) electrons. The predicted octanol–water partition coefficient (Wildman–Crippen LogP) is 17.4. The molecule has 0 N–H and O–H groups in total. The van der Waals surface area contributed by atoms with Gasteiger partial charge in [0.25, 0.3) is 0 Å². The Hall–Kier alpha value is -5.36. The van der Waals surface area contributed by atoms with Crippen LogP contribution in [-0.2, 0) is 5.41 Å². The lowest BCUT2D eigenvalue weighted by Crippen LogP contribution is -2.25. The van der Waals surface area contributed by atoms with Crippen molar-refractivity contribution in [3.63, 3.8) is 0 Å². The third-order valence-electron chi connectivity index (χ3n) is 26.8. The molecule has 77 heavy (non-hydrogen) atoms.